The first kappa shape index (κ1) is 12.9. The van der Waals surface area contributed by atoms with Crippen molar-refractivity contribution in [2.45, 2.75) is 0 Å². The number of rotatable bonds is 3. The summed E-state index contributed by atoms with van der Waals surface area (Å²) in [5.41, 5.74) is 2.59. The Labute approximate surface area is 123 Å². The number of aromatic nitrogens is 1. The van der Waals surface area contributed by atoms with Crippen LogP contribution in [0.5, 0.6) is 11.6 Å². The lowest BCUT2D eigenvalue weighted by molar-refractivity contribution is 0.464. The largest absolute Gasteiger partial charge is 0.438 e. The van der Waals surface area contributed by atoms with Crippen molar-refractivity contribution in [3.05, 3.63) is 78.5 Å². The molecule has 0 amide bonds. The molecule has 1 aromatic heterocycles. The van der Waals surface area contributed by atoms with Crippen molar-refractivity contribution in [2.75, 3.05) is 0 Å². The predicted octanol–water partition coefficient (Wildman–Crippen LogP) is 4.41. The number of para-hydroxylation sites is 1. The molecule has 21 heavy (non-hydrogen) atoms. The van der Waals surface area contributed by atoms with Crippen molar-refractivity contribution in [3.63, 3.8) is 0 Å². The fraction of sp³-hybridized carbons (Fsp3) is 0. The Morgan fingerprint density at radius 3 is 2.48 bits per heavy atom. The van der Waals surface area contributed by atoms with Gasteiger partial charge in [-0.2, -0.15) is 5.26 Å². The minimum absolute atomic E-state index is 0.414. The number of ether oxygens (including phenoxy) is 1. The SMILES string of the molecule is N#Cc1ccnc(Oc2ccccc2-c2ccccc2)c1. The van der Waals surface area contributed by atoms with E-state index in [2.05, 4.69) is 11.1 Å². The fourth-order valence-corrected chi connectivity index (χ4v) is 2.06. The summed E-state index contributed by atoms with van der Waals surface area (Å²) in [7, 11) is 0. The summed E-state index contributed by atoms with van der Waals surface area (Å²) in [6.07, 6.45) is 1.57. The quantitative estimate of drug-likeness (QED) is 0.709. The van der Waals surface area contributed by atoms with Gasteiger partial charge < -0.3 is 4.74 Å². The van der Waals surface area contributed by atoms with Gasteiger partial charge >= 0.3 is 0 Å². The maximum absolute atomic E-state index is 8.93. The Morgan fingerprint density at radius 1 is 0.905 bits per heavy atom. The lowest BCUT2D eigenvalue weighted by Crippen LogP contribution is -1.91. The van der Waals surface area contributed by atoms with E-state index in [0.717, 1.165) is 11.1 Å². The molecule has 3 aromatic rings. The molecular weight excluding hydrogens is 260 g/mol. The number of benzene rings is 2. The summed E-state index contributed by atoms with van der Waals surface area (Å²) in [6.45, 7) is 0. The summed E-state index contributed by atoms with van der Waals surface area (Å²) in [5, 5.41) is 8.93. The van der Waals surface area contributed by atoms with Crippen LogP contribution in [0.25, 0.3) is 11.1 Å². The minimum atomic E-state index is 0.414. The van der Waals surface area contributed by atoms with E-state index in [1.54, 1.807) is 18.3 Å². The third kappa shape index (κ3) is 2.90. The second-order valence-corrected chi connectivity index (χ2v) is 4.46. The summed E-state index contributed by atoms with van der Waals surface area (Å²) in [4.78, 5) is 4.14. The van der Waals surface area contributed by atoms with Crippen molar-refractivity contribution >= 4 is 0 Å². The molecule has 0 aliphatic rings. The molecule has 3 nitrogen and oxygen atoms in total. The molecular formula is C18H12N2O. The molecule has 0 atom stereocenters. The molecule has 0 fully saturated rings. The van der Waals surface area contributed by atoms with Crippen LogP contribution >= 0.6 is 0 Å². The van der Waals surface area contributed by atoms with Gasteiger partial charge in [0.2, 0.25) is 5.88 Å². The zero-order chi connectivity index (χ0) is 14.5. The predicted molar refractivity (Wildman–Crippen MR) is 80.9 cm³/mol. The van der Waals surface area contributed by atoms with Crippen molar-refractivity contribution in [1.29, 1.82) is 5.26 Å². The van der Waals surface area contributed by atoms with E-state index in [4.69, 9.17) is 10.00 Å². The number of hydrogen-bond donors (Lipinski definition) is 0. The van der Waals surface area contributed by atoms with Crippen molar-refractivity contribution in [3.8, 4) is 28.8 Å². The Bertz CT molecular complexity index is 792. The summed E-state index contributed by atoms with van der Waals surface area (Å²) < 4.78 is 5.84. The van der Waals surface area contributed by atoms with Gasteiger partial charge in [-0.25, -0.2) is 4.98 Å². The second-order valence-electron chi connectivity index (χ2n) is 4.46. The molecule has 3 rings (SSSR count). The molecule has 0 spiro atoms. The highest BCUT2D eigenvalue weighted by Crippen LogP contribution is 2.32. The van der Waals surface area contributed by atoms with Gasteiger partial charge in [0.05, 0.1) is 11.6 Å². The molecule has 0 aliphatic carbocycles. The maximum atomic E-state index is 8.93. The van der Waals surface area contributed by atoms with Crippen LogP contribution in [0, 0.1) is 11.3 Å². The van der Waals surface area contributed by atoms with Gasteiger partial charge in [-0.05, 0) is 17.7 Å². The molecule has 2 aromatic carbocycles. The molecule has 0 aliphatic heterocycles. The van der Waals surface area contributed by atoms with Crippen LogP contribution in [0.3, 0.4) is 0 Å². The molecule has 1 heterocycles. The van der Waals surface area contributed by atoms with Crippen molar-refractivity contribution in [1.82, 2.24) is 4.98 Å². The molecule has 0 bridgehead atoms. The Morgan fingerprint density at radius 2 is 1.67 bits per heavy atom. The highest BCUT2D eigenvalue weighted by molar-refractivity contribution is 5.70. The first-order valence-electron chi connectivity index (χ1n) is 6.55. The zero-order valence-corrected chi connectivity index (χ0v) is 11.2. The van der Waals surface area contributed by atoms with Gasteiger partial charge in [0.1, 0.15) is 5.75 Å². The maximum Gasteiger partial charge on any atom is 0.220 e. The van der Waals surface area contributed by atoms with E-state index in [-0.39, 0.29) is 0 Å². The minimum Gasteiger partial charge on any atom is -0.438 e. The van der Waals surface area contributed by atoms with E-state index in [1.165, 1.54) is 0 Å². The van der Waals surface area contributed by atoms with E-state index in [9.17, 15) is 0 Å². The number of hydrogen-bond acceptors (Lipinski definition) is 3. The summed E-state index contributed by atoms with van der Waals surface area (Å²) >= 11 is 0. The van der Waals surface area contributed by atoms with E-state index in [1.807, 2.05) is 54.6 Å². The van der Waals surface area contributed by atoms with Crippen LogP contribution in [0.1, 0.15) is 5.56 Å². The second kappa shape index (κ2) is 5.89. The Balaban J connectivity index is 1.98. The molecule has 100 valence electrons. The monoisotopic (exact) mass is 272 g/mol. The average molecular weight is 272 g/mol. The lowest BCUT2D eigenvalue weighted by Gasteiger charge is -2.10. The third-order valence-electron chi connectivity index (χ3n) is 3.05. The highest BCUT2D eigenvalue weighted by atomic mass is 16.5. The van der Waals surface area contributed by atoms with Gasteiger partial charge in [0, 0.05) is 17.8 Å². The van der Waals surface area contributed by atoms with Crippen LogP contribution in [-0.2, 0) is 0 Å². The topological polar surface area (TPSA) is 45.9 Å². The van der Waals surface area contributed by atoms with E-state index in [0.29, 0.717) is 17.2 Å². The molecule has 0 saturated carbocycles. The third-order valence-corrected chi connectivity index (χ3v) is 3.05. The van der Waals surface area contributed by atoms with E-state index >= 15 is 0 Å². The van der Waals surface area contributed by atoms with Crippen molar-refractivity contribution in [2.24, 2.45) is 0 Å². The first-order chi connectivity index (χ1) is 10.4. The molecule has 0 radical (unpaired) electrons. The van der Waals surface area contributed by atoms with Gasteiger partial charge in [0.25, 0.3) is 0 Å². The van der Waals surface area contributed by atoms with Crippen molar-refractivity contribution < 1.29 is 4.74 Å². The molecule has 0 N–H and O–H groups in total. The van der Waals surface area contributed by atoms with Crippen LogP contribution in [0.4, 0.5) is 0 Å². The van der Waals surface area contributed by atoms with Gasteiger partial charge in [-0.3, -0.25) is 0 Å². The Hall–Kier alpha value is -3.12. The van der Waals surface area contributed by atoms with Crippen LogP contribution in [0.2, 0.25) is 0 Å². The highest BCUT2D eigenvalue weighted by Gasteiger charge is 2.07. The zero-order valence-electron chi connectivity index (χ0n) is 11.2. The summed E-state index contributed by atoms with van der Waals surface area (Å²) in [5.74, 6) is 1.13. The average Bonchev–Trinajstić information content (AvgIpc) is 2.56. The fourth-order valence-electron chi connectivity index (χ4n) is 2.06. The number of pyridine rings is 1. The summed E-state index contributed by atoms with van der Waals surface area (Å²) in [6, 6.07) is 23.1. The van der Waals surface area contributed by atoms with Crippen LogP contribution in [0.15, 0.2) is 72.9 Å². The smallest absolute Gasteiger partial charge is 0.220 e. The van der Waals surface area contributed by atoms with Gasteiger partial charge in [-0.1, -0.05) is 48.5 Å². The lowest BCUT2D eigenvalue weighted by atomic mass is 10.1. The van der Waals surface area contributed by atoms with Gasteiger partial charge in [0.15, 0.2) is 0 Å². The van der Waals surface area contributed by atoms with Crippen LogP contribution in [-0.4, -0.2) is 4.98 Å². The molecule has 3 heteroatoms. The number of nitriles is 1. The van der Waals surface area contributed by atoms with E-state index < -0.39 is 0 Å². The van der Waals surface area contributed by atoms with Crippen LogP contribution < -0.4 is 4.74 Å². The normalized spacial score (nSPS) is 9.86. The molecule has 0 unspecified atom stereocenters. The van der Waals surface area contributed by atoms with Gasteiger partial charge in [-0.15, -0.1) is 0 Å². The molecule has 0 saturated heterocycles. The Kier molecular flexibility index (Phi) is 3.62. The standard InChI is InChI=1S/C18H12N2O/c19-13-14-10-11-20-18(12-14)21-17-9-5-4-8-16(17)15-6-2-1-3-7-15/h1-12H. The number of nitrogens with zero attached hydrogens (tertiary/aromatic N) is 2. The first-order valence-corrected chi connectivity index (χ1v) is 6.55.